The molecule has 3 aromatic rings. The zero-order valence-corrected chi connectivity index (χ0v) is 14.6. The first-order valence-electron chi connectivity index (χ1n) is 8.97. The monoisotopic (exact) mass is 340 g/mol. The lowest BCUT2D eigenvalue weighted by Crippen LogP contribution is -2.08. The van der Waals surface area contributed by atoms with Gasteiger partial charge in [-0.2, -0.15) is 0 Å². The van der Waals surface area contributed by atoms with Crippen molar-refractivity contribution < 1.29 is 4.74 Å². The Morgan fingerprint density at radius 1 is 0.769 bits per heavy atom. The summed E-state index contributed by atoms with van der Waals surface area (Å²) in [6.45, 7) is 0. The van der Waals surface area contributed by atoms with Crippen LogP contribution in [0.4, 0.5) is 0 Å². The van der Waals surface area contributed by atoms with E-state index in [2.05, 4.69) is 77.7 Å². The van der Waals surface area contributed by atoms with Gasteiger partial charge in [-0.3, -0.25) is 9.89 Å². The van der Waals surface area contributed by atoms with Gasteiger partial charge in [-0.25, -0.2) is 0 Å². The van der Waals surface area contributed by atoms with Crippen LogP contribution in [0.25, 0.3) is 0 Å². The number of fused-ring (bicyclic) bond motifs is 1. The van der Waals surface area contributed by atoms with Gasteiger partial charge in [0.05, 0.1) is 24.9 Å². The normalized spacial score (nSPS) is 26.1. The van der Waals surface area contributed by atoms with E-state index < -0.39 is 0 Å². The Labute approximate surface area is 153 Å². The third kappa shape index (κ3) is 2.36. The summed E-state index contributed by atoms with van der Waals surface area (Å²) < 4.78 is 5.61. The number of para-hydroxylation sites is 1. The zero-order chi connectivity index (χ0) is 17.5. The molecule has 1 fully saturated rings. The van der Waals surface area contributed by atoms with Gasteiger partial charge in [0, 0.05) is 5.56 Å². The Balaban J connectivity index is 1.60. The van der Waals surface area contributed by atoms with Crippen molar-refractivity contribution in [1.29, 1.82) is 0 Å². The first-order chi connectivity index (χ1) is 12.9. The maximum absolute atomic E-state index is 5.61. The average Bonchev–Trinajstić information content (AvgIpc) is 3.33. The second-order valence-electron chi connectivity index (χ2n) is 6.74. The van der Waals surface area contributed by atoms with Gasteiger partial charge in [-0.15, -0.1) is 0 Å². The number of aliphatic imine (C=N–C) groups is 1. The van der Waals surface area contributed by atoms with Crippen molar-refractivity contribution >= 4 is 5.71 Å². The minimum atomic E-state index is -0.00318. The fraction of sp³-hybridized carbons (Fsp3) is 0.174. The second kappa shape index (κ2) is 6.11. The van der Waals surface area contributed by atoms with E-state index in [1.165, 1.54) is 16.8 Å². The smallest absolute Gasteiger partial charge is 0.133 e. The Kier molecular flexibility index (Phi) is 3.61. The zero-order valence-electron chi connectivity index (χ0n) is 14.6. The standard InChI is InChI=1S/C23H20N2O/c1-26-19-15-9-8-14-18(19)23-24-20(16-10-4-2-5-11-16)22-21(25(22)23)17-12-6-3-7-13-17/h2-15,21-23H,1H3/t21-,22-,23-,25?/m1/s1. The highest BCUT2D eigenvalue weighted by Gasteiger charge is 2.59. The van der Waals surface area contributed by atoms with Crippen LogP contribution in [0, 0.1) is 0 Å². The van der Waals surface area contributed by atoms with Crippen molar-refractivity contribution in [1.82, 2.24) is 4.90 Å². The van der Waals surface area contributed by atoms with Crippen LogP contribution >= 0.6 is 0 Å². The maximum atomic E-state index is 5.61. The molecule has 1 unspecified atom stereocenters. The molecule has 0 aromatic heterocycles. The van der Waals surface area contributed by atoms with E-state index in [1.54, 1.807) is 7.11 Å². The van der Waals surface area contributed by atoms with E-state index in [9.17, 15) is 0 Å². The SMILES string of the molecule is COc1ccccc1[C@@H]1N=C(c2ccccc2)[C@@H]2[C@@H](c3ccccc3)N21. The van der Waals surface area contributed by atoms with Crippen LogP contribution in [0.1, 0.15) is 28.9 Å². The van der Waals surface area contributed by atoms with Crippen LogP contribution in [-0.2, 0) is 0 Å². The van der Waals surface area contributed by atoms with Crippen LogP contribution in [0.3, 0.4) is 0 Å². The van der Waals surface area contributed by atoms with Gasteiger partial charge in [0.15, 0.2) is 0 Å². The highest BCUT2D eigenvalue weighted by atomic mass is 16.5. The van der Waals surface area contributed by atoms with Gasteiger partial charge >= 0.3 is 0 Å². The molecule has 0 radical (unpaired) electrons. The summed E-state index contributed by atoms with van der Waals surface area (Å²) in [6.07, 6.45) is -0.00318. The predicted molar refractivity (Wildman–Crippen MR) is 104 cm³/mol. The topological polar surface area (TPSA) is 24.6 Å². The Bertz CT molecular complexity index is 952. The number of hydrogen-bond donors (Lipinski definition) is 0. The van der Waals surface area contributed by atoms with Crippen molar-refractivity contribution in [3.8, 4) is 5.75 Å². The van der Waals surface area contributed by atoms with E-state index in [4.69, 9.17) is 9.73 Å². The molecular formula is C23H20N2O. The predicted octanol–water partition coefficient (Wildman–Crippen LogP) is 4.62. The molecule has 5 rings (SSSR count). The molecule has 0 saturated carbocycles. The largest absolute Gasteiger partial charge is 0.496 e. The number of ether oxygens (including phenoxy) is 1. The number of nitrogens with zero attached hydrogens (tertiary/aromatic N) is 2. The summed E-state index contributed by atoms with van der Waals surface area (Å²) in [7, 11) is 1.73. The van der Waals surface area contributed by atoms with Crippen LogP contribution in [0.5, 0.6) is 5.75 Å². The molecule has 3 aromatic carbocycles. The third-order valence-electron chi connectivity index (χ3n) is 5.30. The quantitative estimate of drug-likeness (QED) is 0.647. The van der Waals surface area contributed by atoms with Crippen LogP contribution in [-0.4, -0.2) is 23.8 Å². The first kappa shape index (κ1) is 15.4. The van der Waals surface area contributed by atoms with E-state index in [0.717, 1.165) is 11.3 Å². The highest BCUT2D eigenvalue weighted by molar-refractivity contribution is 6.08. The van der Waals surface area contributed by atoms with Gasteiger partial charge in [0.1, 0.15) is 11.9 Å². The Morgan fingerprint density at radius 2 is 1.42 bits per heavy atom. The molecule has 0 aliphatic carbocycles. The minimum absolute atomic E-state index is 0.00318. The Hall–Kier alpha value is -2.91. The van der Waals surface area contributed by atoms with Gasteiger partial charge in [-0.1, -0.05) is 78.9 Å². The fourth-order valence-corrected chi connectivity index (χ4v) is 4.09. The molecule has 3 heteroatoms. The van der Waals surface area contributed by atoms with Crippen molar-refractivity contribution in [2.75, 3.05) is 7.11 Å². The summed E-state index contributed by atoms with van der Waals surface area (Å²) in [5, 5.41) is 0. The molecule has 2 aliphatic heterocycles. The molecule has 0 amide bonds. The molecule has 0 spiro atoms. The lowest BCUT2D eigenvalue weighted by Gasteiger charge is -2.17. The number of hydrogen-bond acceptors (Lipinski definition) is 3. The number of methoxy groups -OCH3 is 1. The van der Waals surface area contributed by atoms with Gasteiger partial charge in [-0.05, 0) is 17.2 Å². The van der Waals surface area contributed by atoms with Crippen molar-refractivity contribution in [2.45, 2.75) is 18.2 Å². The van der Waals surface area contributed by atoms with Crippen molar-refractivity contribution in [3.05, 3.63) is 102 Å². The van der Waals surface area contributed by atoms with Gasteiger partial charge < -0.3 is 4.74 Å². The lowest BCUT2D eigenvalue weighted by molar-refractivity contribution is 0.366. The highest BCUT2D eigenvalue weighted by Crippen LogP contribution is 2.56. The molecule has 4 atom stereocenters. The third-order valence-corrected chi connectivity index (χ3v) is 5.30. The minimum Gasteiger partial charge on any atom is -0.496 e. The van der Waals surface area contributed by atoms with Crippen molar-refractivity contribution in [2.24, 2.45) is 4.99 Å². The molecule has 0 bridgehead atoms. The van der Waals surface area contributed by atoms with Crippen molar-refractivity contribution in [3.63, 3.8) is 0 Å². The summed E-state index contributed by atoms with van der Waals surface area (Å²) in [5.74, 6) is 0.896. The Morgan fingerprint density at radius 3 is 2.15 bits per heavy atom. The lowest BCUT2D eigenvalue weighted by atomic mass is 10.0. The molecule has 26 heavy (non-hydrogen) atoms. The first-order valence-corrected chi connectivity index (χ1v) is 8.97. The van der Waals surface area contributed by atoms with E-state index in [0.29, 0.717) is 12.1 Å². The number of rotatable bonds is 4. The van der Waals surface area contributed by atoms with Gasteiger partial charge in [0.25, 0.3) is 0 Å². The molecule has 2 heterocycles. The summed E-state index contributed by atoms with van der Waals surface area (Å²) >= 11 is 0. The summed E-state index contributed by atoms with van der Waals surface area (Å²) in [5.41, 5.74) is 4.86. The molecule has 0 N–H and O–H groups in total. The fourth-order valence-electron chi connectivity index (χ4n) is 4.09. The average molecular weight is 340 g/mol. The molecule has 3 nitrogen and oxygen atoms in total. The summed E-state index contributed by atoms with van der Waals surface area (Å²) in [6, 6.07) is 30.2. The second-order valence-corrected chi connectivity index (χ2v) is 6.74. The molecule has 1 saturated heterocycles. The van der Waals surface area contributed by atoms with Crippen LogP contribution in [0.2, 0.25) is 0 Å². The van der Waals surface area contributed by atoms with Crippen LogP contribution in [0.15, 0.2) is 89.9 Å². The maximum Gasteiger partial charge on any atom is 0.133 e. The summed E-state index contributed by atoms with van der Waals surface area (Å²) in [4.78, 5) is 7.59. The number of benzene rings is 3. The van der Waals surface area contributed by atoms with E-state index in [1.807, 2.05) is 12.1 Å². The van der Waals surface area contributed by atoms with E-state index >= 15 is 0 Å². The molecule has 2 aliphatic rings. The van der Waals surface area contributed by atoms with E-state index in [-0.39, 0.29) is 6.17 Å². The molecular weight excluding hydrogens is 320 g/mol. The van der Waals surface area contributed by atoms with Crippen LogP contribution < -0.4 is 4.74 Å². The van der Waals surface area contributed by atoms with Gasteiger partial charge in [0.2, 0.25) is 0 Å². The molecule has 128 valence electrons.